The number of benzene rings is 1. The third-order valence-electron chi connectivity index (χ3n) is 3.31. The van der Waals surface area contributed by atoms with Crippen LogP contribution in [0.15, 0.2) is 29.6 Å². The van der Waals surface area contributed by atoms with Gasteiger partial charge in [0.1, 0.15) is 0 Å². The van der Waals surface area contributed by atoms with Gasteiger partial charge in [0, 0.05) is 31.5 Å². The SMILES string of the molecule is CNC(=O)c1cccc(CCC(=O)N(C)c2nc(C)cs2)c1. The van der Waals surface area contributed by atoms with Crippen molar-refractivity contribution in [2.24, 2.45) is 0 Å². The minimum atomic E-state index is -0.122. The Labute approximate surface area is 134 Å². The van der Waals surface area contributed by atoms with Crippen molar-refractivity contribution in [2.75, 3.05) is 19.0 Å². The molecule has 0 fully saturated rings. The first-order valence-corrected chi connectivity index (χ1v) is 7.89. The summed E-state index contributed by atoms with van der Waals surface area (Å²) in [5.41, 5.74) is 2.49. The molecule has 6 heteroatoms. The molecule has 0 atom stereocenters. The molecule has 1 aromatic heterocycles. The lowest BCUT2D eigenvalue weighted by molar-refractivity contribution is -0.118. The first-order chi connectivity index (χ1) is 10.5. The average molecular weight is 317 g/mol. The second-order valence-electron chi connectivity index (χ2n) is 5.00. The summed E-state index contributed by atoms with van der Waals surface area (Å²) >= 11 is 1.46. The molecule has 22 heavy (non-hydrogen) atoms. The number of anilines is 1. The number of aromatic nitrogens is 1. The van der Waals surface area contributed by atoms with E-state index in [1.165, 1.54) is 11.3 Å². The van der Waals surface area contributed by atoms with Crippen LogP contribution in [0.4, 0.5) is 5.13 Å². The number of carbonyl (C=O) groups excluding carboxylic acids is 2. The van der Waals surface area contributed by atoms with Crippen LogP contribution in [0, 0.1) is 6.92 Å². The standard InChI is InChI=1S/C16H19N3O2S/c1-11-10-22-16(18-11)19(3)14(20)8-7-12-5-4-6-13(9-12)15(21)17-2/h4-6,9-10H,7-8H2,1-3H3,(H,17,21). The van der Waals surface area contributed by atoms with Gasteiger partial charge in [0.25, 0.3) is 5.91 Å². The van der Waals surface area contributed by atoms with Gasteiger partial charge < -0.3 is 5.32 Å². The molecule has 5 nitrogen and oxygen atoms in total. The number of carbonyl (C=O) groups is 2. The summed E-state index contributed by atoms with van der Waals surface area (Å²) < 4.78 is 0. The molecule has 0 spiro atoms. The number of aryl methyl sites for hydroxylation is 2. The van der Waals surface area contributed by atoms with Gasteiger partial charge in [-0.1, -0.05) is 12.1 Å². The van der Waals surface area contributed by atoms with Gasteiger partial charge in [-0.3, -0.25) is 14.5 Å². The van der Waals surface area contributed by atoms with E-state index in [9.17, 15) is 9.59 Å². The van der Waals surface area contributed by atoms with Gasteiger partial charge in [-0.25, -0.2) is 4.98 Å². The number of hydrogen-bond donors (Lipinski definition) is 1. The fraction of sp³-hybridized carbons (Fsp3) is 0.312. The molecular formula is C16H19N3O2S. The third kappa shape index (κ3) is 3.92. The number of amides is 2. The van der Waals surface area contributed by atoms with Crippen LogP contribution >= 0.6 is 11.3 Å². The van der Waals surface area contributed by atoms with E-state index in [1.807, 2.05) is 30.5 Å². The Morgan fingerprint density at radius 1 is 1.36 bits per heavy atom. The van der Waals surface area contributed by atoms with Crippen LogP contribution in [0.25, 0.3) is 0 Å². The summed E-state index contributed by atoms with van der Waals surface area (Å²) in [6, 6.07) is 7.33. The molecule has 0 unspecified atom stereocenters. The maximum Gasteiger partial charge on any atom is 0.251 e. The van der Waals surface area contributed by atoms with E-state index in [2.05, 4.69) is 10.3 Å². The zero-order valence-electron chi connectivity index (χ0n) is 12.9. The molecule has 2 rings (SSSR count). The van der Waals surface area contributed by atoms with Crippen molar-refractivity contribution in [1.82, 2.24) is 10.3 Å². The molecule has 0 aliphatic rings. The number of hydrogen-bond acceptors (Lipinski definition) is 4. The van der Waals surface area contributed by atoms with E-state index < -0.39 is 0 Å². The van der Waals surface area contributed by atoms with Gasteiger partial charge in [-0.15, -0.1) is 11.3 Å². The quantitative estimate of drug-likeness (QED) is 0.921. The Bertz CT molecular complexity index is 682. The van der Waals surface area contributed by atoms with Crippen LogP contribution in [0.5, 0.6) is 0 Å². The molecule has 116 valence electrons. The van der Waals surface area contributed by atoms with Crippen LogP contribution in [0.2, 0.25) is 0 Å². The molecule has 2 amide bonds. The first-order valence-electron chi connectivity index (χ1n) is 7.01. The van der Waals surface area contributed by atoms with Crippen molar-refractivity contribution in [3.8, 4) is 0 Å². The van der Waals surface area contributed by atoms with Gasteiger partial charge >= 0.3 is 0 Å². The summed E-state index contributed by atoms with van der Waals surface area (Å²) in [5.74, 6) is -0.108. The fourth-order valence-corrected chi connectivity index (χ4v) is 2.82. The molecule has 1 heterocycles. The molecule has 0 saturated carbocycles. The minimum Gasteiger partial charge on any atom is -0.355 e. The Morgan fingerprint density at radius 2 is 2.14 bits per heavy atom. The average Bonchev–Trinajstić information content (AvgIpc) is 2.97. The summed E-state index contributed by atoms with van der Waals surface area (Å²) in [5, 5.41) is 5.23. The lowest BCUT2D eigenvalue weighted by atomic mass is 10.1. The smallest absolute Gasteiger partial charge is 0.251 e. The zero-order valence-corrected chi connectivity index (χ0v) is 13.7. The van der Waals surface area contributed by atoms with Crippen LogP contribution in [-0.4, -0.2) is 30.9 Å². The van der Waals surface area contributed by atoms with Crippen molar-refractivity contribution in [2.45, 2.75) is 19.8 Å². The molecule has 0 saturated heterocycles. The lowest BCUT2D eigenvalue weighted by Gasteiger charge is -2.13. The zero-order chi connectivity index (χ0) is 16.1. The number of thiazole rings is 1. The van der Waals surface area contributed by atoms with Crippen LogP contribution < -0.4 is 10.2 Å². The monoisotopic (exact) mass is 317 g/mol. The van der Waals surface area contributed by atoms with Crippen LogP contribution in [-0.2, 0) is 11.2 Å². The van der Waals surface area contributed by atoms with Crippen molar-refractivity contribution in [3.05, 3.63) is 46.5 Å². The Morgan fingerprint density at radius 3 is 2.77 bits per heavy atom. The van der Waals surface area contributed by atoms with Gasteiger partial charge in [0.2, 0.25) is 5.91 Å². The minimum absolute atomic E-state index is 0.0136. The van der Waals surface area contributed by atoms with Gasteiger partial charge in [-0.05, 0) is 31.0 Å². The molecular weight excluding hydrogens is 298 g/mol. The number of nitrogens with one attached hydrogen (secondary N) is 1. The van der Waals surface area contributed by atoms with Gasteiger partial charge in [0.05, 0.1) is 5.69 Å². The summed E-state index contributed by atoms with van der Waals surface area (Å²) in [4.78, 5) is 29.7. The largest absolute Gasteiger partial charge is 0.355 e. The molecule has 0 radical (unpaired) electrons. The topological polar surface area (TPSA) is 62.3 Å². The summed E-state index contributed by atoms with van der Waals surface area (Å²) in [7, 11) is 3.34. The van der Waals surface area contributed by atoms with E-state index in [-0.39, 0.29) is 11.8 Å². The molecule has 1 N–H and O–H groups in total. The fourth-order valence-electron chi connectivity index (χ4n) is 2.03. The molecule has 2 aromatic rings. The lowest BCUT2D eigenvalue weighted by Crippen LogP contribution is -2.26. The van der Waals surface area contributed by atoms with E-state index >= 15 is 0 Å². The highest BCUT2D eigenvalue weighted by atomic mass is 32.1. The highest BCUT2D eigenvalue weighted by Crippen LogP contribution is 2.19. The first kappa shape index (κ1) is 16.2. The van der Waals surface area contributed by atoms with E-state index in [4.69, 9.17) is 0 Å². The normalized spacial score (nSPS) is 10.3. The van der Waals surface area contributed by atoms with Crippen LogP contribution in [0.1, 0.15) is 28.0 Å². The predicted molar refractivity (Wildman–Crippen MR) is 88.4 cm³/mol. The molecule has 1 aromatic carbocycles. The highest BCUT2D eigenvalue weighted by Gasteiger charge is 2.14. The van der Waals surface area contributed by atoms with Gasteiger partial charge in [-0.2, -0.15) is 0 Å². The van der Waals surface area contributed by atoms with Crippen molar-refractivity contribution < 1.29 is 9.59 Å². The molecule has 0 aliphatic heterocycles. The second-order valence-corrected chi connectivity index (χ2v) is 5.84. The van der Waals surface area contributed by atoms with Gasteiger partial charge in [0.15, 0.2) is 5.13 Å². The Balaban J connectivity index is 1.97. The second kappa shape index (κ2) is 7.17. The highest BCUT2D eigenvalue weighted by molar-refractivity contribution is 7.14. The van der Waals surface area contributed by atoms with Crippen molar-refractivity contribution in [1.29, 1.82) is 0 Å². The number of rotatable bonds is 5. The predicted octanol–water partition coefficient (Wildman–Crippen LogP) is 2.41. The van der Waals surface area contributed by atoms with E-state index in [1.54, 1.807) is 25.1 Å². The molecule has 0 aliphatic carbocycles. The Hall–Kier alpha value is -2.21. The van der Waals surface area contributed by atoms with Crippen molar-refractivity contribution in [3.63, 3.8) is 0 Å². The molecule has 0 bridgehead atoms. The maximum atomic E-state index is 12.2. The maximum absolute atomic E-state index is 12.2. The summed E-state index contributed by atoms with van der Waals surface area (Å²) in [6.07, 6.45) is 0.977. The van der Waals surface area contributed by atoms with Crippen molar-refractivity contribution >= 4 is 28.3 Å². The summed E-state index contributed by atoms with van der Waals surface area (Å²) in [6.45, 7) is 1.91. The third-order valence-corrected chi connectivity index (χ3v) is 4.35. The number of nitrogens with zero attached hydrogens (tertiary/aromatic N) is 2. The Kier molecular flexibility index (Phi) is 5.27. The van der Waals surface area contributed by atoms with E-state index in [0.29, 0.717) is 23.5 Å². The van der Waals surface area contributed by atoms with E-state index in [0.717, 1.165) is 11.3 Å². The van der Waals surface area contributed by atoms with Crippen LogP contribution in [0.3, 0.4) is 0 Å².